The van der Waals surface area contributed by atoms with Gasteiger partial charge < -0.3 is 68.1 Å². The van der Waals surface area contributed by atoms with Crippen LogP contribution in [-0.2, 0) is 44.9 Å². The van der Waals surface area contributed by atoms with Gasteiger partial charge in [-0.25, -0.2) is 15.0 Å². The number of carboxylic acid groups (broad SMARTS) is 3. The minimum atomic E-state index is -1.07. The lowest BCUT2D eigenvalue weighted by atomic mass is 9.90. The third kappa shape index (κ3) is 30.0. The molecule has 476 valence electrons. The monoisotopic (exact) mass is 1220 g/mol. The number of nitrogens with one attached hydrogen (secondary N) is 9. The molecule has 0 bridgehead atoms. The maximum Gasteiger partial charge on any atom is 0.344 e. The molecule has 0 aromatic heterocycles. The van der Waals surface area contributed by atoms with Crippen molar-refractivity contribution in [1.29, 1.82) is 0 Å². The first kappa shape index (κ1) is 70.4. The predicted octanol–water partition coefficient (Wildman–Crippen LogP) is -1.28. The number of unbranched alkanes of at least 4 members (excludes halogenated alkanes) is 1. The van der Waals surface area contributed by atoms with Crippen molar-refractivity contribution in [3.63, 3.8) is 0 Å². The average molecular weight is 1220 g/mol. The Labute approximate surface area is 504 Å². The number of benzene rings is 3. The van der Waals surface area contributed by atoms with Crippen LogP contribution < -0.4 is 58.5 Å². The van der Waals surface area contributed by atoms with Gasteiger partial charge in [0.25, 0.3) is 0 Å². The lowest BCUT2D eigenvalue weighted by molar-refractivity contribution is -0.140. The molecule has 9 amide bonds. The van der Waals surface area contributed by atoms with E-state index in [0.29, 0.717) is 48.1 Å². The zero-order valence-electron chi connectivity index (χ0n) is 48.9. The van der Waals surface area contributed by atoms with Crippen LogP contribution in [0.3, 0.4) is 0 Å². The maximum absolute atomic E-state index is 14.4. The molecule has 1 heterocycles. The zero-order chi connectivity index (χ0) is 63.3. The molecule has 30 heteroatoms. The number of hydrazine groups is 1. The molecule has 4 rings (SSSR count). The molecule has 30 nitrogen and oxygen atoms in total. The zero-order valence-corrected chi connectivity index (χ0v) is 48.9. The van der Waals surface area contributed by atoms with Crippen LogP contribution in [0.4, 0.5) is 9.59 Å². The molecule has 0 unspecified atom stereocenters. The molecule has 1 saturated heterocycles. The molecule has 87 heavy (non-hydrogen) atoms. The van der Waals surface area contributed by atoms with Crippen LogP contribution in [0.15, 0.2) is 83.9 Å². The van der Waals surface area contributed by atoms with Crippen molar-refractivity contribution in [2.45, 2.75) is 64.0 Å². The Morgan fingerprint density at radius 3 is 1.72 bits per heavy atom. The van der Waals surface area contributed by atoms with Gasteiger partial charge in [0.05, 0.1) is 38.7 Å². The summed E-state index contributed by atoms with van der Waals surface area (Å²) in [5.41, 5.74) is 12.4. The van der Waals surface area contributed by atoms with Gasteiger partial charge >= 0.3 is 30.0 Å². The van der Waals surface area contributed by atoms with E-state index in [1.165, 1.54) is 12.1 Å². The number of hydrogen-bond acceptors (Lipinski definition) is 16. The van der Waals surface area contributed by atoms with Crippen molar-refractivity contribution in [3.8, 4) is 11.5 Å². The summed E-state index contributed by atoms with van der Waals surface area (Å²) < 4.78 is 6.06. The number of carbonyl (C=O) groups excluding carboxylic acids is 7. The molecular weight excluding hydrogens is 1130 g/mol. The van der Waals surface area contributed by atoms with Crippen LogP contribution in [0.5, 0.6) is 11.5 Å². The van der Waals surface area contributed by atoms with Gasteiger partial charge in [-0.3, -0.25) is 63.4 Å². The fourth-order valence-electron chi connectivity index (χ4n) is 8.79. The minimum Gasteiger partial charge on any atom is -0.508 e. The van der Waals surface area contributed by atoms with Crippen molar-refractivity contribution in [2.24, 2.45) is 10.7 Å². The number of urea groups is 2. The third-order valence-corrected chi connectivity index (χ3v) is 13.4. The highest BCUT2D eigenvalue weighted by Gasteiger charge is 2.29. The van der Waals surface area contributed by atoms with Crippen molar-refractivity contribution in [2.75, 3.05) is 118 Å². The summed E-state index contributed by atoms with van der Waals surface area (Å²) >= 11 is 0. The number of aliphatic carboxylic acids is 3. The van der Waals surface area contributed by atoms with Crippen LogP contribution in [0.1, 0.15) is 68.1 Å². The van der Waals surface area contributed by atoms with Crippen LogP contribution in [0, 0.1) is 0 Å². The van der Waals surface area contributed by atoms with Gasteiger partial charge in [-0.05, 0) is 66.6 Å². The van der Waals surface area contributed by atoms with Gasteiger partial charge in [0, 0.05) is 104 Å². The first-order chi connectivity index (χ1) is 41.8. The first-order valence-corrected chi connectivity index (χ1v) is 28.7. The van der Waals surface area contributed by atoms with Gasteiger partial charge in [-0.1, -0.05) is 61.5 Å². The van der Waals surface area contributed by atoms with Crippen molar-refractivity contribution in [1.82, 2.24) is 67.7 Å². The lowest BCUT2D eigenvalue weighted by Gasteiger charge is -2.32. The molecule has 0 spiro atoms. The number of phenols is 1. The lowest BCUT2D eigenvalue weighted by Crippen LogP contribution is -2.50. The predicted molar refractivity (Wildman–Crippen MR) is 318 cm³/mol. The molecule has 3 aromatic carbocycles. The number of phenolic OH excluding ortho intramolecular Hbond substituents is 1. The topological polar surface area (TPSA) is 420 Å². The first-order valence-electron chi connectivity index (χ1n) is 28.7. The highest BCUT2D eigenvalue weighted by molar-refractivity contribution is 5.93. The van der Waals surface area contributed by atoms with Crippen molar-refractivity contribution < 1.29 is 73.1 Å². The van der Waals surface area contributed by atoms with E-state index in [1.54, 1.807) is 87.2 Å². The Morgan fingerprint density at radius 1 is 0.563 bits per heavy atom. The molecule has 0 saturated carbocycles. The fraction of sp³-hybridized carbons (Fsp3) is 0.491. The molecular formula is C57H83N15O15. The Kier molecular flexibility index (Phi) is 31.9. The molecule has 1 aliphatic heterocycles. The molecule has 2 atom stereocenters. The number of rotatable bonds is 32. The number of aliphatic imine (C=N–C) groups is 1. The smallest absolute Gasteiger partial charge is 0.344 e. The second-order valence-corrected chi connectivity index (χ2v) is 20.2. The maximum atomic E-state index is 14.4. The average Bonchev–Trinajstić information content (AvgIpc) is 2.09. The summed E-state index contributed by atoms with van der Waals surface area (Å²) in [5, 5.41) is 57.2. The second-order valence-electron chi connectivity index (χ2n) is 20.2. The minimum absolute atomic E-state index is 0.0648. The van der Waals surface area contributed by atoms with Crippen molar-refractivity contribution >= 4 is 65.5 Å². The largest absolute Gasteiger partial charge is 0.508 e. The van der Waals surface area contributed by atoms with Gasteiger partial charge in [0.2, 0.25) is 29.5 Å². The Hall–Kier alpha value is -9.13. The number of carbonyl (C=O) groups is 10. The van der Waals surface area contributed by atoms with Crippen LogP contribution >= 0.6 is 0 Å². The summed E-state index contributed by atoms with van der Waals surface area (Å²) in [6.07, 6.45) is 1.58. The quantitative estimate of drug-likeness (QED) is 0.0150. The van der Waals surface area contributed by atoms with Crippen LogP contribution in [0.25, 0.3) is 0 Å². The van der Waals surface area contributed by atoms with Crippen LogP contribution in [0.2, 0.25) is 0 Å². The van der Waals surface area contributed by atoms with E-state index in [0.717, 1.165) is 0 Å². The molecule has 3 aromatic rings. The van der Waals surface area contributed by atoms with Crippen LogP contribution in [-0.4, -0.2) is 229 Å². The summed E-state index contributed by atoms with van der Waals surface area (Å²) in [5.74, 6) is -5.86. The molecule has 0 radical (unpaired) electrons. The number of guanidine groups is 1. The number of amides is 9. The molecule has 0 aliphatic carbocycles. The van der Waals surface area contributed by atoms with Gasteiger partial charge in [-0.15, -0.1) is 0 Å². The number of nitrogens with two attached hydrogens (primary N) is 1. The summed E-state index contributed by atoms with van der Waals surface area (Å²) in [4.78, 5) is 135. The number of aromatic hydroxyl groups is 1. The number of ether oxygens (including phenoxy) is 1. The van der Waals surface area contributed by atoms with E-state index in [4.69, 9.17) is 10.5 Å². The summed E-state index contributed by atoms with van der Waals surface area (Å²) in [6, 6.07) is 19.9. The van der Waals surface area contributed by atoms with E-state index < -0.39 is 65.6 Å². The summed E-state index contributed by atoms with van der Waals surface area (Å²) in [7, 11) is 0. The van der Waals surface area contributed by atoms with Gasteiger partial charge in [0.1, 0.15) is 17.5 Å². The third-order valence-electron chi connectivity index (χ3n) is 13.4. The highest BCUT2D eigenvalue weighted by Crippen LogP contribution is 2.28. The number of nitrogens with zero attached hydrogens (tertiary/aromatic N) is 5. The molecule has 1 fully saturated rings. The molecule has 15 N–H and O–H groups in total. The summed E-state index contributed by atoms with van der Waals surface area (Å²) in [6.45, 7) is 3.57. The van der Waals surface area contributed by atoms with E-state index in [1.807, 2.05) is 6.07 Å². The Bertz CT molecular complexity index is 2710. The highest BCUT2D eigenvalue weighted by atomic mass is 16.5. The van der Waals surface area contributed by atoms with E-state index in [2.05, 4.69) is 53.1 Å². The van der Waals surface area contributed by atoms with Gasteiger partial charge in [-0.2, -0.15) is 4.99 Å². The fourth-order valence-corrected chi connectivity index (χ4v) is 8.79. The standard InChI is InChI=1S/C57H83N15O15/c1-2-46(74)60-23-24-63-56(85)66-55(58)61-21-9-14-45(53(83)64-35-40-15-17-43(73)18-16-40)65-54(84)52(41-10-4-3-5-11-41)42-12-8-13-44(34-42)87-33-7-6-20-62-57(86)68-67-47(75)19-22-59-48(76)36-69-25-27-70(37-49(77)78)29-31-72(39-51(81)82)32-30-71(28-26-69)38-50(79)80/h3-5,8,10-13,15-18,34,45,52,73H,2,6-7,9,14,19-33,35-39H2,1H3,(H,59,76)(H,60,74)(H,64,83)(H,65,84)(H,67,75)(H,77,78)(H,79,80)(H,81,82)(H2,62,68,86)(H4,58,61,63,66,85)/t45-,52-/m1/s1. The van der Waals surface area contributed by atoms with E-state index in [-0.39, 0.29) is 155 Å². The van der Waals surface area contributed by atoms with E-state index >= 15 is 0 Å². The SMILES string of the molecule is CCC(=O)NCCNC(=O)/N=C(/N)NCCC[C@@H](NC(=O)[C@H](c1ccccc1)c1cccc(OCCCCNC(=O)NNC(=O)CCNC(=O)CN2CCN(CC(=O)O)CCN(CC(=O)O)CCN(CC(=O)O)CC2)c1)C(=O)NCc1ccc(O)cc1. The number of carboxylic acids is 3. The van der Waals surface area contributed by atoms with E-state index in [9.17, 15) is 68.4 Å². The van der Waals surface area contributed by atoms with Gasteiger partial charge in [0.15, 0.2) is 5.96 Å². The Morgan fingerprint density at radius 2 is 1.13 bits per heavy atom. The normalized spacial score (nSPS) is 14.5. The van der Waals surface area contributed by atoms with Crippen molar-refractivity contribution in [3.05, 3.63) is 95.6 Å². The Balaban J connectivity index is 1.23. The number of hydrogen-bond donors (Lipinski definition) is 14. The molecule has 1 aliphatic rings. The second kappa shape index (κ2) is 39.5.